The first kappa shape index (κ1) is 18.3. The summed E-state index contributed by atoms with van der Waals surface area (Å²) < 4.78 is 13.1. The van der Waals surface area contributed by atoms with E-state index in [0.29, 0.717) is 5.11 Å². The maximum atomic E-state index is 5.75. The highest BCUT2D eigenvalue weighted by Crippen LogP contribution is 2.45. The van der Waals surface area contributed by atoms with Crippen LogP contribution in [-0.2, 0) is 7.05 Å². The summed E-state index contributed by atoms with van der Waals surface area (Å²) in [6.07, 6.45) is 5.94. The number of rotatable bonds is 5. The van der Waals surface area contributed by atoms with Gasteiger partial charge in [0.2, 0.25) is 0 Å². The van der Waals surface area contributed by atoms with Crippen molar-refractivity contribution in [2.45, 2.75) is 12.1 Å². The van der Waals surface area contributed by atoms with E-state index < -0.39 is 0 Å². The number of aryl methyl sites for hydroxylation is 1. The number of ether oxygens (including phenoxy) is 2. The summed E-state index contributed by atoms with van der Waals surface area (Å²) in [5.74, 6) is 1.47. The van der Waals surface area contributed by atoms with Crippen LogP contribution in [0.2, 0.25) is 0 Å². The summed E-state index contributed by atoms with van der Waals surface area (Å²) in [6.45, 7) is 0. The molecular weight excluding hydrogens is 372 g/mol. The second-order valence-corrected chi connectivity index (χ2v) is 7.03. The Morgan fingerprint density at radius 2 is 1.96 bits per heavy atom. The molecule has 1 aliphatic heterocycles. The Balaban J connectivity index is 1.87. The van der Waals surface area contributed by atoms with Gasteiger partial charge in [-0.2, -0.15) is 0 Å². The zero-order chi connectivity index (χ0) is 19.7. The number of hydrogen-bond acceptors (Lipinski definition) is 4. The Morgan fingerprint density at radius 3 is 2.61 bits per heavy atom. The summed E-state index contributed by atoms with van der Waals surface area (Å²) in [7, 11) is 5.32. The Labute approximate surface area is 169 Å². The van der Waals surface area contributed by atoms with Gasteiger partial charge < -0.3 is 24.3 Å². The number of pyridine rings is 1. The molecule has 1 fully saturated rings. The zero-order valence-electron chi connectivity index (χ0n) is 16.0. The van der Waals surface area contributed by atoms with Crippen molar-refractivity contribution in [1.82, 2.24) is 14.9 Å². The molecule has 1 N–H and O–H groups in total. The number of nitrogens with zero attached hydrogens (tertiary/aromatic N) is 3. The Morgan fingerprint density at radius 1 is 1.11 bits per heavy atom. The molecule has 7 heteroatoms. The number of thiocarbonyl (C=S) groups is 1. The van der Waals surface area contributed by atoms with Crippen LogP contribution in [0.1, 0.15) is 23.3 Å². The minimum atomic E-state index is -0.0907. The van der Waals surface area contributed by atoms with Crippen LogP contribution in [0.4, 0.5) is 5.69 Å². The van der Waals surface area contributed by atoms with Crippen LogP contribution in [0.5, 0.6) is 11.5 Å². The summed E-state index contributed by atoms with van der Waals surface area (Å²) in [5.41, 5.74) is 2.92. The summed E-state index contributed by atoms with van der Waals surface area (Å²) in [5, 5.41) is 4.08. The predicted molar refractivity (Wildman–Crippen MR) is 113 cm³/mol. The molecule has 0 saturated carbocycles. The van der Waals surface area contributed by atoms with Crippen LogP contribution < -0.4 is 19.7 Å². The van der Waals surface area contributed by atoms with Crippen LogP contribution >= 0.6 is 12.2 Å². The van der Waals surface area contributed by atoms with Gasteiger partial charge in [0.25, 0.3) is 0 Å². The number of nitrogens with one attached hydrogen (secondary N) is 1. The van der Waals surface area contributed by atoms with Crippen LogP contribution in [-0.4, -0.2) is 28.9 Å². The number of benzene rings is 1. The summed E-state index contributed by atoms with van der Waals surface area (Å²) in [4.78, 5) is 6.66. The van der Waals surface area contributed by atoms with E-state index in [0.717, 1.165) is 28.4 Å². The van der Waals surface area contributed by atoms with Crippen molar-refractivity contribution < 1.29 is 9.47 Å². The van der Waals surface area contributed by atoms with Crippen molar-refractivity contribution in [1.29, 1.82) is 0 Å². The molecule has 0 amide bonds. The van der Waals surface area contributed by atoms with Crippen LogP contribution in [0.25, 0.3) is 0 Å². The molecule has 0 radical (unpaired) electrons. The van der Waals surface area contributed by atoms with Crippen LogP contribution in [0.15, 0.2) is 61.1 Å². The molecule has 6 nitrogen and oxygen atoms in total. The summed E-state index contributed by atoms with van der Waals surface area (Å²) in [6, 6.07) is 13.6. The lowest BCUT2D eigenvalue weighted by Gasteiger charge is -2.28. The van der Waals surface area contributed by atoms with E-state index in [4.69, 9.17) is 21.7 Å². The molecule has 28 heavy (non-hydrogen) atoms. The molecular formula is C21H22N4O2S. The number of anilines is 1. The van der Waals surface area contributed by atoms with E-state index in [2.05, 4.69) is 27.5 Å². The van der Waals surface area contributed by atoms with Crippen molar-refractivity contribution in [3.05, 3.63) is 72.3 Å². The standard InChI is InChI=1S/C21H22N4O2S/c1-24-11-9-14(13-24)20-19(16-6-4-5-10-22-16)23-21(28)25(20)17-12-15(26-2)7-8-18(17)27-3/h4-13,19-20H,1-3H3,(H,23,28)/t19-,20+/m1/s1. The van der Waals surface area contributed by atoms with Gasteiger partial charge in [-0.15, -0.1) is 0 Å². The topological polar surface area (TPSA) is 51.6 Å². The van der Waals surface area contributed by atoms with Gasteiger partial charge in [-0.3, -0.25) is 4.98 Å². The van der Waals surface area contributed by atoms with E-state index in [9.17, 15) is 0 Å². The molecule has 0 aliphatic carbocycles. The lowest BCUT2D eigenvalue weighted by atomic mass is 9.98. The third-order valence-corrected chi connectivity index (χ3v) is 5.25. The minimum Gasteiger partial charge on any atom is -0.497 e. The van der Waals surface area contributed by atoms with E-state index in [1.165, 1.54) is 0 Å². The first-order valence-corrected chi connectivity index (χ1v) is 9.37. The molecule has 0 bridgehead atoms. The number of aromatic nitrogens is 2. The van der Waals surface area contributed by atoms with E-state index in [1.54, 1.807) is 20.4 Å². The van der Waals surface area contributed by atoms with Crippen molar-refractivity contribution in [2.75, 3.05) is 19.1 Å². The van der Waals surface area contributed by atoms with Gasteiger partial charge in [0.1, 0.15) is 11.5 Å². The molecule has 3 heterocycles. The average Bonchev–Trinajstić information content (AvgIpc) is 3.30. The van der Waals surface area contributed by atoms with Gasteiger partial charge in [-0.05, 0) is 48.1 Å². The number of hydrogen-bond donors (Lipinski definition) is 1. The highest BCUT2D eigenvalue weighted by atomic mass is 32.1. The zero-order valence-corrected chi connectivity index (χ0v) is 16.8. The van der Waals surface area contributed by atoms with Crippen molar-refractivity contribution in [3.8, 4) is 11.5 Å². The largest absolute Gasteiger partial charge is 0.497 e. The SMILES string of the molecule is COc1ccc(OC)c(N2C(=S)N[C@H](c3ccccn3)[C@@H]2c2ccn(C)c2)c1. The quantitative estimate of drug-likeness (QED) is 0.667. The second-order valence-electron chi connectivity index (χ2n) is 6.64. The third-order valence-electron chi connectivity index (χ3n) is 4.94. The molecule has 2 atom stereocenters. The predicted octanol–water partition coefficient (Wildman–Crippen LogP) is 3.61. The van der Waals surface area contributed by atoms with E-state index >= 15 is 0 Å². The maximum Gasteiger partial charge on any atom is 0.174 e. The van der Waals surface area contributed by atoms with Gasteiger partial charge in [-0.1, -0.05) is 6.07 Å². The molecule has 4 rings (SSSR count). The number of methoxy groups -OCH3 is 2. The molecule has 0 unspecified atom stereocenters. The molecule has 1 aromatic carbocycles. The Kier molecular flexibility index (Phi) is 4.92. The van der Waals surface area contributed by atoms with Gasteiger partial charge in [0, 0.05) is 31.7 Å². The fraction of sp³-hybridized carbons (Fsp3) is 0.238. The molecule has 144 valence electrons. The van der Waals surface area contributed by atoms with Crippen LogP contribution in [0, 0.1) is 0 Å². The maximum absolute atomic E-state index is 5.75. The molecule has 1 saturated heterocycles. The highest BCUT2D eigenvalue weighted by molar-refractivity contribution is 7.80. The molecule has 0 spiro atoms. The van der Waals surface area contributed by atoms with E-state index in [-0.39, 0.29) is 12.1 Å². The molecule has 1 aliphatic rings. The highest BCUT2D eigenvalue weighted by Gasteiger charge is 2.42. The van der Waals surface area contributed by atoms with Gasteiger partial charge in [0.05, 0.1) is 37.7 Å². The fourth-order valence-corrected chi connectivity index (χ4v) is 3.98. The average molecular weight is 395 g/mol. The first-order valence-electron chi connectivity index (χ1n) is 8.97. The lowest BCUT2D eigenvalue weighted by molar-refractivity contribution is 0.403. The Bertz CT molecular complexity index is 989. The first-order chi connectivity index (χ1) is 13.6. The normalized spacial score (nSPS) is 18.8. The van der Waals surface area contributed by atoms with Gasteiger partial charge in [-0.25, -0.2) is 0 Å². The van der Waals surface area contributed by atoms with Crippen molar-refractivity contribution in [2.24, 2.45) is 7.05 Å². The monoisotopic (exact) mass is 394 g/mol. The second kappa shape index (κ2) is 7.52. The van der Waals surface area contributed by atoms with Crippen LogP contribution in [0.3, 0.4) is 0 Å². The third kappa shape index (κ3) is 3.18. The van der Waals surface area contributed by atoms with E-state index in [1.807, 2.05) is 54.2 Å². The van der Waals surface area contributed by atoms with Crippen molar-refractivity contribution >= 4 is 23.0 Å². The minimum absolute atomic E-state index is 0.0791. The summed E-state index contributed by atoms with van der Waals surface area (Å²) >= 11 is 5.75. The molecule has 3 aromatic rings. The van der Waals surface area contributed by atoms with Gasteiger partial charge >= 0.3 is 0 Å². The smallest absolute Gasteiger partial charge is 0.174 e. The molecule has 2 aromatic heterocycles. The lowest BCUT2D eigenvalue weighted by Crippen LogP contribution is -2.29. The van der Waals surface area contributed by atoms with Crippen molar-refractivity contribution in [3.63, 3.8) is 0 Å². The van der Waals surface area contributed by atoms with Gasteiger partial charge in [0.15, 0.2) is 5.11 Å². The Hall–Kier alpha value is -3.06. The fourth-order valence-electron chi connectivity index (χ4n) is 3.64.